The molecule has 2 rings (SSSR count). The minimum atomic E-state index is -2.86. The Morgan fingerprint density at radius 3 is 2.50 bits per heavy atom. The minimum absolute atomic E-state index is 0.123. The number of hydrogen-bond acceptors (Lipinski definition) is 3. The molecule has 4 heteroatoms. The van der Waals surface area contributed by atoms with Crippen LogP contribution in [0.2, 0.25) is 0 Å². The lowest BCUT2D eigenvalue weighted by Gasteiger charge is -2.31. The van der Waals surface area contributed by atoms with Crippen molar-refractivity contribution in [3.8, 4) is 0 Å². The molecule has 0 N–H and O–H groups in total. The summed E-state index contributed by atoms with van der Waals surface area (Å²) in [5.74, 6) is 0.598. The third-order valence-corrected chi connectivity index (χ3v) is 5.81. The summed E-state index contributed by atoms with van der Waals surface area (Å²) in [7, 11) is -0.813. The van der Waals surface area contributed by atoms with Gasteiger partial charge < -0.3 is 4.90 Å². The Kier molecular flexibility index (Phi) is 1.90. The van der Waals surface area contributed by atoms with Crippen molar-refractivity contribution in [2.75, 3.05) is 31.6 Å². The van der Waals surface area contributed by atoms with Crippen molar-refractivity contribution in [1.82, 2.24) is 4.90 Å². The molecule has 0 amide bonds. The van der Waals surface area contributed by atoms with Crippen molar-refractivity contribution in [2.24, 2.45) is 10.8 Å². The van der Waals surface area contributed by atoms with Gasteiger partial charge in [0.05, 0.1) is 11.5 Å². The Balaban J connectivity index is 2.48. The van der Waals surface area contributed by atoms with Gasteiger partial charge in [-0.1, -0.05) is 13.0 Å². The van der Waals surface area contributed by atoms with E-state index in [1.807, 2.05) is 13.1 Å². The number of hydrogen-bond donors (Lipinski definition) is 0. The molecule has 2 saturated heterocycles. The highest BCUT2D eigenvalue weighted by atomic mass is 32.2. The summed E-state index contributed by atoms with van der Waals surface area (Å²) in [5, 5.41) is 0. The summed E-state index contributed by atoms with van der Waals surface area (Å²) < 4.78 is 23.3. The van der Waals surface area contributed by atoms with Crippen molar-refractivity contribution < 1.29 is 8.42 Å². The molecular weight excluding hydrogens is 198 g/mol. The molecule has 0 aliphatic carbocycles. The second kappa shape index (κ2) is 2.61. The second-order valence-corrected chi connectivity index (χ2v) is 7.19. The highest BCUT2D eigenvalue weighted by Gasteiger charge is 2.60. The van der Waals surface area contributed by atoms with Gasteiger partial charge in [0.1, 0.15) is 0 Å². The summed E-state index contributed by atoms with van der Waals surface area (Å²) in [4.78, 5) is 2.20. The molecule has 0 radical (unpaired) electrons. The quantitative estimate of drug-likeness (QED) is 0.599. The van der Waals surface area contributed by atoms with Crippen LogP contribution in [0, 0.1) is 10.8 Å². The number of fused-ring (bicyclic) bond motifs is 1. The van der Waals surface area contributed by atoms with Gasteiger partial charge in [0.2, 0.25) is 0 Å². The average Bonchev–Trinajstić information content (AvgIpc) is 2.29. The van der Waals surface area contributed by atoms with Crippen molar-refractivity contribution in [1.29, 1.82) is 0 Å². The first-order valence-corrected chi connectivity index (χ1v) is 6.67. The molecule has 14 heavy (non-hydrogen) atoms. The van der Waals surface area contributed by atoms with Crippen LogP contribution >= 0.6 is 0 Å². The van der Waals surface area contributed by atoms with Gasteiger partial charge in [-0.25, -0.2) is 8.42 Å². The summed E-state index contributed by atoms with van der Waals surface area (Å²) in [6.07, 6.45) is 1.86. The fourth-order valence-electron chi connectivity index (χ4n) is 3.19. The van der Waals surface area contributed by atoms with Crippen LogP contribution in [0.25, 0.3) is 0 Å². The van der Waals surface area contributed by atoms with Gasteiger partial charge in [0.25, 0.3) is 0 Å². The average molecular weight is 215 g/mol. The number of likely N-dealkylation sites (tertiary alicyclic amines) is 1. The van der Waals surface area contributed by atoms with Crippen LogP contribution in [-0.4, -0.2) is 45.0 Å². The maximum atomic E-state index is 11.7. The van der Waals surface area contributed by atoms with Crippen LogP contribution in [0.4, 0.5) is 0 Å². The molecule has 80 valence electrons. The molecule has 0 saturated carbocycles. The van der Waals surface area contributed by atoms with Crippen LogP contribution in [0.1, 0.15) is 6.92 Å². The van der Waals surface area contributed by atoms with Gasteiger partial charge in [0, 0.05) is 23.9 Å². The van der Waals surface area contributed by atoms with E-state index in [2.05, 4.69) is 18.4 Å². The van der Waals surface area contributed by atoms with Crippen molar-refractivity contribution >= 4 is 9.84 Å². The Hall–Kier alpha value is -0.350. The minimum Gasteiger partial charge on any atom is -0.305 e. The van der Waals surface area contributed by atoms with Crippen molar-refractivity contribution in [3.63, 3.8) is 0 Å². The highest BCUT2D eigenvalue weighted by Crippen LogP contribution is 2.53. The van der Waals surface area contributed by atoms with Crippen LogP contribution < -0.4 is 0 Å². The molecule has 0 bridgehead atoms. The van der Waals surface area contributed by atoms with E-state index in [-0.39, 0.29) is 16.6 Å². The monoisotopic (exact) mass is 215 g/mol. The van der Waals surface area contributed by atoms with E-state index in [1.165, 1.54) is 0 Å². The van der Waals surface area contributed by atoms with E-state index >= 15 is 0 Å². The smallest absolute Gasteiger partial charge is 0.151 e. The van der Waals surface area contributed by atoms with Crippen LogP contribution in [0.15, 0.2) is 12.7 Å². The topological polar surface area (TPSA) is 37.4 Å². The highest BCUT2D eigenvalue weighted by molar-refractivity contribution is 7.91. The number of sulfone groups is 1. The summed E-state index contributed by atoms with van der Waals surface area (Å²) in [6.45, 7) is 7.59. The third kappa shape index (κ3) is 1.17. The Labute approximate surface area is 85.7 Å². The predicted octanol–water partition coefficient (Wildman–Crippen LogP) is 0.539. The molecule has 2 atom stereocenters. The van der Waals surface area contributed by atoms with Crippen LogP contribution in [-0.2, 0) is 9.84 Å². The maximum absolute atomic E-state index is 11.7. The summed E-state index contributed by atoms with van der Waals surface area (Å²) in [6, 6.07) is 0. The first kappa shape index (κ1) is 10.2. The molecule has 0 aromatic carbocycles. The Morgan fingerprint density at radius 1 is 1.36 bits per heavy atom. The van der Waals surface area contributed by atoms with Crippen molar-refractivity contribution in [2.45, 2.75) is 6.92 Å². The SMILES string of the molecule is C=C[C@]12CN(C)C[C@@]1(C)CS(=O)(=O)C2. The van der Waals surface area contributed by atoms with E-state index in [4.69, 9.17) is 0 Å². The van der Waals surface area contributed by atoms with Gasteiger partial charge in [-0.05, 0) is 7.05 Å². The van der Waals surface area contributed by atoms with Gasteiger partial charge in [-0.3, -0.25) is 0 Å². The molecule has 0 spiro atoms. The van der Waals surface area contributed by atoms with Crippen LogP contribution in [0.3, 0.4) is 0 Å². The molecule has 0 aromatic heterocycles. The largest absolute Gasteiger partial charge is 0.305 e. The zero-order valence-corrected chi connectivity index (χ0v) is 9.60. The first-order chi connectivity index (χ1) is 6.33. The zero-order valence-electron chi connectivity index (χ0n) is 8.78. The van der Waals surface area contributed by atoms with Crippen molar-refractivity contribution in [3.05, 3.63) is 12.7 Å². The van der Waals surface area contributed by atoms with E-state index in [0.717, 1.165) is 13.1 Å². The van der Waals surface area contributed by atoms with Crippen LogP contribution in [0.5, 0.6) is 0 Å². The molecule has 2 heterocycles. The third-order valence-electron chi connectivity index (χ3n) is 3.78. The normalized spacial score (nSPS) is 46.4. The summed E-state index contributed by atoms with van der Waals surface area (Å²) >= 11 is 0. The predicted molar refractivity (Wildman–Crippen MR) is 56.9 cm³/mol. The van der Waals surface area contributed by atoms with E-state index in [9.17, 15) is 8.42 Å². The van der Waals surface area contributed by atoms with Gasteiger partial charge in [-0.15, -0.1) is 6.58 Å². The fourth-order valence-corrected chi connectivity index (χ4v) is 5.98. The van der Waals surface area contributed by atoms with Gasteiger partial charge >= 0.3 is 0 Å². The lowest BCUT2D eigenvalue weighted by atomic mass is 9.70. The van der Waals surface area contributed by atoms with E-state index in [0.29, 0.717) is 5.75 Å². The van der Waals surface area contributed by atoms with Gasteiger partial charge in [0.15, 0.2) is 9.84 Å². The first-order valence-electron chi connectivity index (χ1n) is 4.85. The number of nitrogens with zero attached hydrogens (tertiary/aromatic N) is 1. The Morgan fingerprint density at radius 2 is 2.00 bits per heavy atom. The molecule has 2 aliphatic rings. The number of rotatable bonds is 1. The molecule has 0 aromatic rings. The maximum Gasteiger partial charge on any atom is 0.151 e. The zero-order chi connectivity index (χ0) is 10.6. The summed E-state index contributed by atoms with van der Waals surface area (Å²) in [5.41, 5.74) is -0.330. The Bertz CT molecular complexity index is 376. The van der Waals surface area contributed by atoms with E-state index < -0.39 is 9.84 Å². The molecule has 2 fully saturated rings. The molecule has 2 aliphatic heterocycles. The molecular formula is C10H17NO2S. The standard InChI is InChI=1S/C10H17NO2S/c1-4-10-6-11(3)5-9(10,2)7-14(12,13)8-10/h4H,1,5-8H2,2-3H3/t9-,10+/m0/s1. The second-order valence-electron chi connectivity index (χ2n) is 5.13. The fraction of sp³-hybridized carbons (Fsp3) is 0.800. The van der Waals surface area contributed by atoms with E-state index in [1.54, 1.807) is 0 Å². The van der Waals surface area contributed by atoms with Gasteiger partial charge in [-0.2, -0.15) is 0 Å². The molecule has 3 nitrogen and oxygen atoms in total. The molecule has 0 unspecified atom stereocenters. The lowest BCUT2D eigenvalue weighted by Crippen LogP contribution is -2.35. The lowest BCUT2D eigenvalue weighted by molar-refractivity contribution is 0.250.